The van der Waals surface area contributed by atoms with E-state index in [2.05, 4.69) is 87.5 Å². The molecule has 1 saturated heterocycles. The lowest BCUT2D eigenvalue weighted by Crippen LogP contribution is -2.44. The molecule has 3 aromatic heterocycles. The van der Waals surface area contributed by atoms with E-state index in [0.29, 0.717) is 16.6 Å². The van der Waals surface area contributed by atoms with Crippen molar-refractivity contribution in [1.29, 1.82) is 0 Å². The summed E-state index contributed by atoms with van der Waals surface area (Å²) in [6.45, 7) is 10.5. The number of pyridine rings is 1. The molecule has 1 unspecified atom stereocenters. The minimum atomic E-state index is -0.0703. The number of anilines is 3. The number of hydrogen-bond acceptors (Lipinski definition) is 9. The number of nitrogens with zero attached hydrogens (tertiary/aromatic N) is 6. The van der Waals surface area contributed by atoms with Gasteiger partial charge in [0.15, 0.2) is 0 Å². The Bertz CT molecular complexity index is 1550. The number of amides is 1. The zero-order valence-corrected chi connectivity index (χ0v) is 25.5. The topological polar surface area (TPSA) is 99.2 Å². The number of piperazine rings is 1. The fourth-order valence-corrected chi connectivity index (χ4v) is 6.36. The smallest absolute Gasteiger partial charge is 0.263 e. The first kappa shape index (κ1) is 28.2. The molecule has 6 rings (SSSR count). The van der Waals surface area contributed by atoms with Crippen LogP contribution in [0.5, 0.6) is 0 Å². The second-order valence-corrected chi connectivity index (χ2v) is 13.2. The predicted molar refractivity (Wildman–Crippen MR) is 169 cm³/mol. The molecule has 1 fully saturated rings. The summed E-state index contributed by atoms with van der Waals surface area (Å²) in [4.78, 5) is 36.7. The van der Waals surface area contributed by atoms with Gasteiger partial charge in [-0.05, 0) is 61.7 Å². The molecule has 4 aromatic rings. The molecule has 42 heavy (non-hydrogen) atoms. The molecular weight excluding hydrogens is 544 g/mol. The summed E-state index contributed by atoms with van der Waals surface area (Å²) in [5.41, 5.74) is 5.36. The minimum absolute atomic E-state index is 0.0157. The van der Waals surface area contributed by atoms with Crippen molar-refractivity contribution in [2.75, 3.05) is 43.4 Å². The molecule has 0 saturated carbocycles. The van der Waals surface area contributed by atoms with Crippen LogP contribution >= 0.6 is 11.3 Å². The predicted octanol–water partition coefficient (Wildman–Crippen LogP) is 5.60. The summed E-state index contributed by atoms with van der Waals surface area (Å²) in [7, 11) is 2.16. The van der Waals surface area contributed by atoms with Gasteiger partial charge in [-0.1, -0.05) is 32.9 Å². The van der Waals surface area contributed by atoms with Gasteiger partial charge in [-0.3, -0.25) is 4.79 Å². The average molecular weight is 583 g/mol. The summed E-state index contributed by atoms with van der Waals surface area (Å²) in [6.07, 6.45) is 8.30. The van der Waals surface area contributed by atoms with Crippen molar-refractivity contribution in [2.24, 2.45) is 0 Å². The molecule has 9 nitrogen and oxygen atoms in total. The van der Waals surface area contributed by atoms with Gasteiger partial charge in [0.25, 0.3) is 5.91 Å². The maximum atomic E-state index is 13.1. The minimum Gasteiger partial charge on any atom is -0.368 e. The maximum absolute atomic E-state index is 13.1. The van der Waals surface area contributed by atoms with E-state index in [0.717, 1.165) is 67.4 Å². The number of carbonyl (C=O) groups is 1. The van der Waals surface area contributed by atoms with Crippen molar-refractivity contribution in [3.63, 3.8) is 0 Å². The number of rotatable bonds is 6. The van der Waals surface area contributed by atoms with Gasteiger partial charge in [0.1, 0.15) is 10.7 Å². The molecule has 1 atom stereocenters. The summed E-state index contributed by atoms with van der Waals surface area (Å²) >= 11 is 1.48. The third-order valence-electron chi connectivity index (χ3n) is 7.94. The number of likely N-dealkylation sites (N-methyl/N-ethyl adjacent to an activating group) is 1. The Morgan fingerprint density at radius 1 is 1.00 bits per heavy atom. The molecule has 10 heteroatoms. The quantitative estimate of drug-likeness (QED) is 0.303. The highest BCUT2D eigenvalue weighted by atomic mass is 32.1. The molecule has 2 N–H and O–H groups in total. The number of nitrogens with one attached hydrogen (secondary N) is 2. The normalized spacial score (nSPS) is 17.5. The van der Waals surface area contributed by atoms with Crippen LogP contribution in [0.3, 0.4) is 0 Å². The second-order valence-electron chi connectivity index (χ2n) is 12.2. The molecule has 1 aliphatic carbocycles. The van der Waals surface area contributed by atoms with Gasteiger partial charge in [-0.25, -0.2) is 19.9 Å². The number of aryl methyl sites for hydroxylation is 1. The fourth-order valence-electron chi connectivity index (χ4n) is 5.48. The van der Waals surface area contributed by atoms with Gasteiger partial charge in [-0.2, -0.15) is 0 Å². The summed E-state index contributed by atoms with van der Waals surface area (Å²) in [6, 6.07) is 12.4. The largest absolute Gasteiger partial charge is 0.368 e. The van der Waals surface area contributed by atoms with Crippen LogP contribution in [0.4, 0.5) is 17.5 Å². The average Bonchev–Trinajstić information content (AvgIpc) is 3.50. The molecule has 1 aliphatic heterocycles. The van der Waals surface area contributed by atoms with Crippen molar-refractivity contribution in [1.82, 2.24) is 30.2 Å². The third kappa shape index (κ3) is 6.29. The van der Waals surface area contributed by atoms with Crippen molar-refractivity contribution in [2.45, 2.75) is 51.5 Å². The van der Waals surface area contributed by atoms with E-state index in [1.54, 1.807) is 12.4 Å². The van der Waals surface area contributed by atoms with Crippen LogP contribution in [-0.2, 0) is 11.8 Å². The zero-order chi connectivity index (χ0) is 29.3. The highest BCUT2D eigenvalue weighted by molar-refractivity contribution is 7.13. The van der Waals surface area contributed by atoms with E-state index in [-0.39, 0.29) is 17.4 Å². The second kappa shape index (κ2) is 11.8. The van der Waals surface area contributed by atoms with Crippen LogP contribution in [0.2, 0.25) is 0 Å². The number of benzene rings is 1. The van der Waals surface area contributed by atoms with E-state index in [1.807, 2.05) is 18.3 Å². The first-order valence-corrected chi connectivity index (χ1v) is 15.4. The molecule has 2 aliphatic rings. The number of hydrogen-bond donors (Lipinski definition) is 2. The van der Waals surface area contributed by atoms with E-state index in [4.69, 9.17) is 4.98 Å². The molecule has 1 aromatic carbocycles. The Balaban J connectivity index is 1.13. The van der Waals surface area contributed by atoms with Crippen LogP contribution in [-0.4, -0.2) is 64.0 Å². The summed E-state index contributed by atoms with van der Waals surface area (Å²) in [5.74, 6) is 1.17. The SMILES string of the molecule is CN1CCN(c2ccc(Nc3nccc(-c4ccc5c(c4)CCCC5NC(=O)c4cnc(C(C)(C)C)s4)n3)nc2)CC1. The monoisotopic (exact) mass is 582 g/mol. The first-order valence-electron chi connectivity index (χ1n) is 14.6. The first-order chi connectivity index (χ1) is 20.2. The van der Waals surface area contributed by atoms with Gasteiger partial charge in [0.2, 0.25) is 5.95 Å². The van der Waals surface area contributed by atoms with E-state index in [9.17, 15) is 4.79 Å². The zero-order valence-electron chi connectivity index (χ0n) is 24.7. The summed E-state index contributed by atoms with van der Waals surface area (Å²) < 4.78 is 0. The fraction of sp³-hybridized carbons (Fsp3) is 0.406. The standard InChI is InChI=1S/C32H38N8OS/c1-32(2,3)30-35-20-27(42-30)29(41)36-26-7-5-6-21-18-22(8-10-24(21)26)25-12-13-33-31(37-25)38-28-11-9-23(19-34-28)40-16-14-39(4)15-17-40/h8-13,18-20,26H,5-7,14-17H2,1-4H3,(H,36,41)(H,33,34,37,38). The van der Waals surface area contributed by atoms with Crippen molar-refractivity contribution in [3.05, 3.63) is 76.0 Å². The Hall–Kier alpha value is -3.89. The Morgan fingerprint density at radius 2 is 1.83 bits per heavy atom. The molecule has 218 valence electrons. The highest BCUT2D eigenvalue weighted by Crippen LogP contribution is 2.34. The van der Waals surface area contributed by atoms with Crippen LogP contribution in [0.15, 0.2) is 55.0 Å². The van der Waals surface area contributed by atoms with E-state index < -0.39 is 0 Å². The van der Waals surface area contributed by atoms with Crippen molar-refractivity contribution < 1.29 is 4.79 Å². The molecular formula is C32H38N8OS. The van der Waals surface area contributed by atoms with E-state index >= 15 is 0 Å². The number of thiazole rings is 1. The number of aromatic nitrogens is 4. The Morgan fingerprint density at radius 3 is 2.57 bits per heavy atom. The van der Waals surface area contributed by atoms with Crippen LogP contribution < -0.4 is 15.5 Å². The van der Waals surface area contributed by atoms with Gasteiger partial charge in [0, 0.05) is 43.4 Å². The maximum Gasteiger partial charge on any atom is 0.263 e. The number of fused-ring (bicyclic) bond motifs is 1. The highest BCUT2D eigenvalue weighted by Gasteiger charge is 2.25. The molecule has 0 bridgehead atoms. The molecule has 0 spiro atoms. The Kier molecular flexibility index (Phi) is 7.92. The lowest BCUT2D eigenvalue weighted by Gasteiger charge is -2.33. The van der Waals surface area contributed by atoms with Crippen LogP contribution in [0.25, 0.3) is 11.3 Å². The Labute approximate surface area is 251 Å². The van der Waals surface area contributed by atoms with E-state index in [1.165, 1.54) is 22.5 Å². The molecule has 0 radical (unpaired) electrons. The lowest BCUT2D eigenvalue weighted by atomic mass is 9.86. The molecule has 1 amide bonds. The number of carbonyl (C=O) groups excluding carboxylic acids is 1. The van der Waals surface area contributed by atoms with Gasteiger partial charge in [-0.15, -0.1) is 11.3 Å². The van der Waals surface area contributed by atoms with Gasteiger partial charge >= 0.3 is 0 Å². The van der Waals surface area contributed by atoms with Crippen LogP contribution in [0, 0.1) is 0 Å². The van der Waals surface area contributed by atoms with Gasteiger partial charge in [0.05, 0.1) is 34.8 Å². The van der Waals surface area contributed by atoms with Gasteiger partial charge < -0.3 is 20.4 Å². The van der Waals surface area contributed by atoms with Crippen molar-refractivity contribution >= 4 is 34.7 Å². The lowest BCUT2D eigenvalue weighted by molar-refractivity contribution is 0.0936. The third-order valence-corrected chi connectivity index (χ3v) is 9.36. The molecule has 4 heterocycles. The van der Waals surface area contributed by atoms with Crippen molar-refractivity contribution in [3.8, 4) is 11.3 Å². The summed E-state index contributed by atoms with van der Waals surface area (Å²) in [5, 5.41) is 7.49. The van der Waals surface area contributed by atoms with Crippen LogP contribution in [0.1, 0.15) is 65.5 Å².